The van der Waals surface area contributed by atoms with Gasteiger partial charge in [0, 0.05) is 17.8 Å². The van der Waals surface area contributed by atoms with E-state index in [1.807, 2.05) is 60.8 Å². The van der Waals surface area contributed by atoms with Crippen molar-refractivity contribution in [2.45, 2.75) is 44.8 Å². The SMILES string of the molecule is Clc1ccccc1-c1nc2c(OCc3ccccc3)cccn2c1NC1CCCCC1. The zero-order chi connectivity index (χ0) is 21.0. The number of anilines is 1. The van der Waals surface area contributed by atoms with Crippen molar-refractivity contribution in [1.82, 2.24) is 9.38 Å². The van der Waals surface area contributed by atoms with Crippen LogP contribution >= 0.6 is 11.6 Å². The fourth-order valence-electron chi connectivity index (χ4n) is 4.31. The van der Waals surface area contributed by atoms with Crippen LogP contribution in [0.1, 0.15) is 37.7 Å². The van der Waals surface area contributed by atoms with Gasteiger partial charge in [0.2, 0.25) is 0 Å². The Kier molecular flexibility index (Phi) is 5.81. The minimum atomic E-state index is 0.448. The predicted octanol–water partition coefficient (Wildman–Crippen LogP) is 6.98. The number of rotatable bonds is 6. The molecule has 1 aliphatic rings. The molecule has 0 saturated heterocycles. The van der Waals surface area contributed by atoms with Crippen LogP contribution in [0.5, 0.6) is 5.75 Å². The average molecular weight is 432 g/mol. The zero-order valence-electron chi connectivity index (χ0n) is 17.4. The molecular formula is C26H26ClN3O. The van der Waals surface area contributed by atoms with Crippen molar-refractivity contribution in [3.8, 4) is 17.0 Å². The molecule has 0 aliphatic heterocycles. The molecule has 0 amide bonds. The van der Waals surface area contributed by atoms with Crippen LogP contribution in [0, 0.1) is 0 Å². The van der Waals surface area contributed by atoms with E-state index < -0.39 is 0 Å². The minimum Gasteiger partial charge on any atom is -0.485 e. The molecule has 0 unspecified atom stereocenters. The number of ether oxygens (including phenoxy) is 1. The highest BCUT2D eigenvalue weighted by Gasteiger charge is 2.22. The lowest BCUT2D eigenvalue weighted by molar-refractivity contribution is 0.308. The molecule has 1 fully saturated rings. The van der Waals surface area contributed by atoms with Crippen LogP contribution in [0.2, 0.25) is 5.02 Å². The van der Waals surface area contributed by atoms with Crippen LogP contribution in [0.4, 0.5) is 5.82 Å². The van der Waals surface area contributed by atoms with Gasteiger partial charge >= 0.3 is 0 Å². The highest BCUT2D eigenvalue weighted by atomic mass is 35.5. The first kappa shape index (κ1) is 20.0. The summed E-state index contributed by atoms with van der Waals surface area (Å²) < 4.78 is 8.29. The van der Waals surface area contributed by atoms with Crippen LogP contribution < -0.4 is 10.1 Å². The molecule has 158 valence electrons. The molecule has 0 atom stereocenters. The third kappa shape index (κ3) is 4.26. The second-order valence-electron chi connectivity index (χ2n) is 8.11. The Bertz CT molecular complexity index is 1170. The Labute approximate surface area is 187 Å². The second kappa shape index (κ2) is 9.03. The van der Waals surface area contributed by atoms with Crippen molar-refractivity contribution in [3.05, 3.63) is 83.5 Å². The maximum Gasteiger partial charge on any atom is 0.181 e. The van der Waals surface area contributed by atoms with Crippen molar-refractivity contribution in [3.63, 3.8) is 0 Å². The highest BCUT2D eigenvalue weighted by molar-refractivity contribution is 6.33. The molecule has 2 aromatic heterocycles. The largest absolute Gasteiger partial charge is 0.485 e. The number of aromatic nitrogens is 2. The molecule has 0 bridgehead atoms. The van der Waals surface area contributed by atoms with Crippen molar-refractivity contribution < 1.29 is 4.74 Å². The maximum atomic E-state index is 6.57. The Morgan fingerprint density at radius 1 is 0.935 bits per heavy atom. The van der Waals surface area contributed by atoms with Gasteiger partial charge in [0.05, 0.1) is 5.02 Å². The molecule has 1 aliphatic carbocycles. The summed E-state index contributed by atoms with van der Waals surface area (Å²) in [5, 5.41) is 4.48. The van der Waals surface area contributed by atoms with E-state index in [0.29, 0.717) is 17.7 Å². The molecule has 1 N–H and O–H groups in total. The zero-order valence-corrected chi connectivity index (χ0v) is 18.2. The van der Waals surface area contributed by atoms with Crippen LogP contribution in [-0.2, 0) is 6.61 Å². The molecule has 2 aromatic carbocycles. The quantitative estimate of drug-likeness (QED) is 0.358. The molecule has 4 aromatic rings. The molecule has 1 saturated carbocycles. The molecule has 0 spiro atoms. The summed E-state index contributed by atoms with van der Waals surface area (Å²) >= 11 is 6.57. The van der Waals surface area contributed by atoms with Crippen molar-refractivity contribution >= 4 is 23.1 Å². The van der Waals surface area contributed by atoms with E-state index >= 15 is 0 Å². The van der Waals surface area contributed by atoms with E-state index in [4.69, 9.17) is 21.3 Å². The summed E-state index contributed by atoms with van der Waals surface area (Å²) in [7, 11) is 0. The van der Waals surface area contributed by atoms with Gasteiger partial charge in [0.1, 0.15) is 18.1 Å². The minimum absolute atomic E-state index is 0.448. The number of hydrogen-bond donors (Lipinski definition) is 1. The lowest BCUT2D eigenvalue weighted by Crippen LogP contribution is -2.23. The topological polar surface area (TPSA) is 38.6 Å². The van der Waals surface area contributed by atoms with Gasteiger partial charge in [-0.1, -0.05) is 79.4 Å². The number of nitrogens with zero attached hydrogens (tertiary/aromatic N) is 2. The van der Waals surface area contributed by atoms with E-state index in [1.165, 1.54) is 32.1 Å². The first-order valence-electron chi connectivity index (χ1n) is 11.0. The van der Waals surface area contributed by atoms with E-state index in [1.54, 1.807) is 0 Å². The maximum absolute atomic E-state index is 6.57. The number of fused-ring (bicyclic) bond motifs is 1. The van der Waals surface area contributed by atoms with Crippen LogP contribution in [0.3, 0.4) is 0 Å². The molecule has 5 heteroatoms. The van der Waals surface area contributed by atoms with Crippen LogP contribution in [0.25, 0.3) is 16.9 Å². The number of imidazole rings is 1. The summed E-state index contributed by atoms with van der Waals surface area (Å²) in [5.74, 6) is 1.75. The number of benzene rings is 2. The summed E-state index contributed by atoms with van der Waals surface area (Å²) in [4.78, 5) is 5.01. The normalized spacial score (nSPS) is 14.6. The fraction of sp³-hybridized carbons (Fsp3) is 0.269. The summed E-state index contributed by atoms with van der Waals surface area (Å²) in [6.07, 6.45) is 8.25. The Morgan fingerprint density at radius 2 is 1.71 bits per heavy atom. The van der Waals surface area contributed by atoms with Crippen LogP contribution in [-0.4, -0.2) is 15.4 Å². The fourth-order valence-corrected chi connectivity index (χ4v) is 4.54. The van der Waals surface area contributed by atoms with E-state index in [-0.39, 0.29) is 0 Å². The van der Waals surface area contributed by atoms with Crippen molar-refractivity contribution in [2.75, 3.05) is 5.32 Å². The van der Waals surface area contributed by atoms with Gasteiger partial charge in [-0.25, -0.2) is 4.98 Å². The molecule has 5 rings (SSSR count). The predicted molar refractivity (Wildman–Crippen MR) is 127 cm³/mol. The monoisotopic (exact) mass is 431 g/mol. The third-order valence-electron chi connectivity index (χ3n) is 5.93. The first-order chi connectivity index (χ1) is 15.3. The van der Waals surface area contributed by atoms with Gasteiger partial charge in [0.15, 0.2) is 11.4 Å². The molecule has 2 heterocycles. The van der Waals surface area contributed by atoms with Crippen molar-refractivity contribution in [2.24, 2.45) is 0 Å². The summed E-state index contributed by atoms with van der Waals surface area (Å²) in [6, 6.07) is 22.5. The number of pyridine rings is 1. The Morgan fingerprint density at radius 3 is 2.52 bits per heavy atom. The van der Waals surface area contributed by atoms with E-state index in [0.717, 1.165) is 34.0 Å². The van der Waals surface area contributed by atoms with Crippen LogP contribution in [0.15, 0.2) is 72.9 Å². The highest BCUT2D eigenvalue weighted by Crippen LogP contribution is 2.37. The second-order valence-corrected chi connectivity index (χ2v) is 8.52. The third-order valence-corrected chi connectivity index (χ3v) is 6.26. The van der Waals surface area contributed by atoms with Gasteiger partial charge in [-0.05, 0) is 36.6 Å². The van der Waals surface area contributed by atoms with E-state index in [2.05, 4.69) is 21.9 Å². The first-order valence-corrected chi connectivity index (χ1v) is 11.4. The number of hydrogen-bond acceptors (Lipinski definition) is 3. The van der Waals surface area contributed by atoms with Gasteiger partial charge in [-0.15, -0.1) is 0 Å². The number of halogens is 1. The molecule has 31 heavy (non-hydrogen) atoms. The van der Waals surface area contributed by atoms with Crippen molar-refractivity contribution in [1.29, 1.82) is 0 Å². The average Bonchev–Trinajstić information content (AvgIpc) is 3.18. The van der Waals surface area contributed by atoms with Gasteiger partial charge in [-0.2, -0.15) is 0 Å². The Hall–Kier alpha value is -2.98. The lowest BCUT2D eigenvalue weighted by atomic mass is 9.95. The summed E-state index contributed by atoms with van der Waals surface area (Å²) in [5.41, 5.74) is 3.72. The van der Waals surface area contributed by atoms with Gasteiger partial charge < -0.3 is 10.1 Å². The summed E-state index contributed by atoms with van der Waals surface area (Å²) in [6.45, 7) is 0.500. The van der Waals surface area contributed by atoms with Gasteiger partial charge in [0.25, 0.3) is 0 Å². The number of nitrogens with one attached hydrogen (secondary N) is 1. The lowest BCUT2D eigenvalue weighted by Gasteiger charge is -2.24. The molecule has 4 nitrogen and oxygen atoms in total. The molecular weight excluding hydrogens is 406 g/mol. The van der Waals surface area contributed by atoms with E-state index in [9.17, 15) is 0 Å². The standard InChI is InChI=1S/C26H26ClN3O/c27-22-15-8-7-14-21(22)24-26(28-20-12-5-2-6-13-20)30-17-9-16-23(25(30)29-24)31-18-19-10-3-1-4-11-19/h1,3-4,7-11,14-17,20,28H,2,5-6,12-13,18H2. The Balaban J connectivity index is 1.56. The smallest absolute Gasteiger partial charge is 0.181 e. The van der Waals surface area contributed by atoms with Gasteiger partial charge in [-0.3, -0.25) is 4.40 Å². The molecule has 0 radical (unpaired) electrons.